The predicted octanol–water partition coefficient (Wildman–Crippen LogP) is 0.898. The SMILES string of the molecule is CC(=Cc1cnc[nH]1)C(=O)O. The number of carbonyl (C=O) groups is 1. The Balaban J connectivity index is 2.82. The number of aromatic nitrogens is 2. The molecule has 1 aromatic heterocycles. The van der Waals surface area contributed by atoms with E-state index in [1.807, 2.05) is 0 Å². The monoisotopic (exact) mass is 152 g/mol. The zero-order valence-electron chi connectivity index (χ0n) is 6.03. The van der Waals surface area contributed by atoms with Crippen LogP contribution in [0, 0.1) is 0 Å². The van der Waals surface area contributed by atoms with Crippen LogP contribution in [0.15, 0.2) is 18.1 Å². The van der Waals surface area contributed by atoms with Crippen LogP contribution in [0.5, 0.6) is 0 Å². The molecule has 4 heteroatoms. The predicted molar refractivity (Wildman–Crippen MR) is 39.9 cm³/mol. The molecule has 58 valence electrons. The van der Waals surface area contributed by atoms with Gasteiger partial charge in [-0.15, -0.1) is 0 Å². The summed E-state index contributed by atoms with van der Waals surface area (Å²) < 4.78 is 0. The molecule has 0 fully saturated rings. The largest absolute Gasteiger partial charge is 0.478 e. The van der Waals surface area contributed by atoms with Crippen molar-refractivity contribution in [1.29, 1.82) is 0 Å². The molecule has 0 aliphatic heterocycles. The van der Waals surface area contributed by atoms with Gasteiger partial charge in [-0.25, -0.2) is 9.78 Å². The third kappa shape index (κ3) is 1.93. The molecule has 2 N–H and O–H groups in total. The Hall–Kier alpha value is -1.58. The van der Waals surface area contributed by atoms with Gasteiger partial charge in [-0.05, 0) is 13.0 Å². The molecule has 1 heterocycles. The van der Waals surface area contributed by atoms with Gasteiger partial charge in [-0.3, -0.25) is 0 Å². The second-order valence-corrected chi connectivity index (χ2v) is 2.14. The number of H-pyrrole nitrogens is 1. The molecule has 0 aromatic carbocycles. The summed E-state index contributed by atoms with van der Waals surface area (Å²) in [4.78, 5) is 16.8. The fourth-order valence-electron chi connectivity index (χ4n) is 0.641. The van der Waals surface area contributed by atoms with E-state index in [1.54, 1.807) is 6.20 Å². The minimum absolute atomic E-state index is 0.286. The van der Waals surface area contributed by atoms with Crippen LogP contribution >= 0.6 is 0 Å². The highest BCUT2D eigenvalue weighted by Crippen LogP contribution is 2.01. The first kappa shape index (κ1) is 7.53. The second-order valence-electron chi connectivity index (χ2n) is 2.14. The molecular weight excluding hydrogens is 144 g/mol. The summed E-state index contributed by atoms with van der Waals surface area (Å²) in [5.74, 6) is -0.917. The van der Waals surface area contributed by atoms with E-state index in [0.717, 1.165) is 0 Å². The molecule has 4 nitrogen and oxygen atoms in total. The van der Waals surface area contributed by atoms with E-state index >= 15 is 0 Å². The van der Waals surface area contributed by atoms with Crippen LogP contribution in [-0.2, 0) is 4.79 Å². The minimum atomic E-state index is -0.917. The number of hydrogen-bond donors (Lipinski definition) is 2. The van der Waals surface area contributed by atoms with E-state index < -0.39 is 5.97 Å². The third-order valence-electron chi connectivity index (χ3n) is 1.23. The average Bonchev–Trinajstić information content (AvgIpc) is 2.39. The van der Waals surface area contributed by atoms with Crippen molar-refractivity contribution in [2.75, 3.05) is 0 Å². The van der Waals surface area contributed by atoms with Gasteiger partial charge in [0.2, 0.25) is 0 Å². The van der Waals surface area contributed by atoms with E-state index in [0.29, 0.717) is 5.69 Å². The molecule has 0 unspecified atom stereocenters. The maximum absolute atomic E-state index is 10.3. The van der Waals surface area contributed by atoms with E-state index in [9.17, 15) is 4.79 Å². The Labute approximate surface area is 63.6 Å². The zero-order valence-corrected chi connectivity index (χ0v) is 6.03. The van der Waals surface area contributed by atoms with Crippen LogP contribution < -0.4 is 0 Å². The number of hydrogen-bond acceptors (Lipinski definition) is 2. The third-order valence-corrected chi connectivity index (χ3v) is 1.23. The van der Waals surface area contributed by atoms with Crippen molar-refractivity contribution in [3.8, 4) is 0 Å². The van der Waals surface area contributed by atoms with Gasteiger partial charge < -0.3 is 10.1 Å². The Morgan fingerprint density at radius 3 is 3.00 bits per heavy atom. The molecule has 11 heavy (non-hydrogen) atoms. The standard InChI is InChI=1S/C7H8N2O2/c1-5(7(10)11)2-6-3-8-4-9-6/h2-4H,1H3,(H,8,9)(H,10,11). The highest BCUT2D eigenvalue weighted by molar-refractivity contribution is 5.90. The van der Waals surface area contributed by atoms with Gasteiger partial charge in [0.1, 0.15) is 0 Å². The van der Waals surface area contributed by atoms with Crippen LogP contribution in [0.1, 0.15) is 12.6 Å². The molecule has 0 saturated heterocycles. The van der Waals surface area contributed by atoms with Gasteiger partial charge in [0, 0.05) is 5.57 Å². The summed E-state index contributed by atoms with van der Waals surface area (Å²) in [6.07, 6.45) is 4.59. The topological polar surface area (TPSA) is 66.0 Å². The van der Waals surface area contributed by atoms with Gasteiger partial charge in [-0.1, -0.05) is 0 Å². The summed E-state index contributed by atoms with van der Waals surface area (Å²) in [6.45, 7) is 1.53. The molecular formula is C7H8N2O2. The van der Waals surface area contributed by atoms with Gasteiger partial charge >= 0.3 is 5.97 Å². The fraction of sp³-hybridized carbons (Fsp3) is 0.143. The maximum Gasteiger partial charge on any atom is 0.331 e. The van der Waals surface area contributed by atoms with Crippen molar-refractivity contribution < 1.29 is 9.90 Å². The lowest BCUT2D eigenvalue weighted by molar-refractivity contribution is -0.132. The van der Waals surface area contributed by atoms with E-state index in [4.69, 9.17) is 5.11 Å². The van der Waals surface area contributed by atoms with Crippen molar-refractivity contribution in [2.24, 2.45) is 0 Å². The first-order chi connectivity index (χ1) is 5.20. The summed E-state index contributed by atoms with van der Waals surface area (Å²) in [5.41, 5.74) is 0.985. The highest BCUT2D eigenvalue weighted by Gasteiger charge is 1.99. The van der Waals surface area contributed by atoms with Crippen molar-refractivity contribution in [2.45, 2.75) is 6.92 Å². The number of imidazole rings is 1. The second kappa shape index (κ2) is 3.01. The molecule has 0 saturated carbocycles. The number of nitrogens with zero attached hydrogens (tertiary/aromatic N) is 1. The maximum atomic E-state index is 10.3. The van der Waals surface area contributed by atoms with Crippen LogP contribution in [0.2, 0.25) is 0 Å². The zero-order chi connectivity index (χ0) is 8.27. The Morgan fingerprint density at radius 2 is 2.55 bits per heavy atom. The van der Waals surface area contributed by atoms with Gasteiger partial charge in [0.05, 0.1) is 18.2 Å². The average molecular weight is 152 g/mol. The van der Waals surface area contributed by atoms with Crippen molar-refractivity contribution in [1.82, 2.24) is 9.97 Å². The number of carboxylic acid groups (broad SMARTS) is 1. The number of carboxylic acids is 1. The molecule has 0 amide bonds. The van der Waals surface area contributed by atoms with Crippen molar-refractivity contribution in [3.63, 3.8) is 0 Å². The molecule has 1 aromatic rings. The molecule has 0 spiro atoms. The van der Waals surface area contributed by atoms with Crippen LogP contribution in [0.3, 0.4) is 0 Å². The van der Waals surface area contributed by atoms with Crippen LogP contribution in [-0.4, -0.2) is 21.0 Å². The molecule has 0 atom stereocenters. The van der Waals surface area contributed by atoms with E-state index in [-0.39, 0.29) is 5.57 Å². The summed E-state index contributed by atoms with van der Waals surface area (Å²) in [5, 5.41) is 8.48. The lowest BCUT2D eigenvalue weighted by Crippen LogP contribution is -1.95. The summed E-state index contributed by atoms with van der Waals surface area (Å²) in [7, 11) is 0. The van der Waals surface area contributed by atoms with Crippen LogP contribution in [0.25, 0.3) is 6.08 Å². The van der Waals surface area contributed by atoms with Crippen molar-refractivity contribution in [3.05, 3.63) is 23.8 Å². The van der Waals surface area contributed by atoms with Crippen LogP contribution in [0.4, 0.5) is 0 Å². The number of aromatic amines is 1. The first-order valence-corrected chi connectivity index (χ1v) is 3.10. The van der Waals surface area contributed by atoms with Gasteiger partial charge in [0.15, 0.2) is 0 Å². The lowest BCUT2D eigenvalue weighted by atomic mass is 10.2. The first-order valence-electron chi connectivity index (χ1n) is 3.10. The van der Waals surface area contributed by atoms with E-state index in [2.05, 4.69) is 9.97 Å². The summed E-state index contributed by atoms with van der Waals surface area (Å²) in [6, 6.07) is 0. The van der Waals surface area contributed by atoms with Crippen molar-refractivity contribution >= 4 is 12.0 Å². The van der Waals surface area contributed by atoms with Gasteiger partial charge in [0.25, 0.3) is 0 Å². The molecule has 1 rings (SSSR count). The molecule has 0 aliphatic carbocycles. The molecule has 0 bridgehead atoms. The minimum Gasteiger partial charge on any atom is -0.478 e. The normalized spacial score (nSPS) is 11.5. The Bertz CT molecular complexity index is 275. The smallest absolute Gasteiger partial charge is 0.331 e. The molecule has 0 radical (unpaired) electrons. The van der Waals surface area contributed by atoms with E-state index in [1.165, 1.54) is 19.3 Å². The summed E-state index contributed by atoms with van der Waals surface area (Å²) >= 11 is 0. The Morgan fingerprint density at radius 1 is 1.82 bits per heavy atom. The quantitative estimate of drug-likeness (QED) is 0.618. The lowest BCUT2D eigenvalue weighted by Gasteiger charge is -1.89. The highest BCUT2D eigenvalue weighted by atomic mass is 16.4. The Kier molecular flexibility index (Phi) is 2.06. The molecule has 0 aliphatic rings. The fourth-order valence-corrected chi connectivity index (χ4v) is 0.641. The number of aliphatic carboxylic acids is 1. The number of rotatable bonds is 2. The number of nitrogens with one attached hydrogen (secondary N) is 1. The van der Waals surface area contributed by atoms with Gasteiger partial charge in [-0.2, -0.15) is 0 Å².